The Morgan fingerprint density at radius 1 is 1.16 bits per heavy atom. The Balaban J connectivity index is 1.45. The highest BCUT2D eigenvalue weighted by atomic mass is 35.5. The minimum absolute atomic E-state index is 0.0697. The number of halogens is 2. The number of nitrogens with one attached hydrogen (secondary N) is 1. The van der Waals surface area contributed by atoms with Crippen LogP contribution in [0, 0.1) is 5.82 Å². The highest BCUT2D eigenvalue weighted by Gasteiger charge is 2.26. The van der Waals surface area contributed by atoms with Gasteiger partial charge in [0.05, 0.1) is 16.2 Å². The van der Waals surface area contributed by atoms with E-state index in [2.05, 4.69) is 20.2 Å². The van der Waals surface area contributed by atoms with Gasteiger partial charge in [0.2, 0.25) is 5.91 Å². The molecular weight excluding hydrogens is 429 g/mol. The Hall–Kier alpha value is -3.03. The van der Waals surface area contributed by atoms with Crippen LogP contribution in [0.5, 0.6) is 0 Å². The van der Waals surface area contributed by atoms with Crippen LogP contribution in [0.3, 0.4) is 0 Å². The van der Waals surface area contributed by atoms with Crippen molar-refractivity contribution in [2.24, 2.45) is 0 Å². The van der Waals surface area contributed by atoms with Gasteiger partial charge in [0.15, 0.2) is 5.82 Å². The molecule has 32 heavy (non-hydrogen) atoms. The first kappa shape index (κ1) is 20.8. The van der Waals surface area contributed by atoms with Gasteiger partial charge in [-0.3, -0.25) is 9.69 Å². The summed E-state index contributed by atoms with van der Waals surface area (Å²) in [7, 11) is 0. The topological polar surface area (TPSA) is 61.4 Å². The third-order valence-corrected chi connectivity index (χ3v) is 6.34. The Labute approximate surface area is 190 Å². The van der Waals surface area contributed by atoms with Gasteiger partial charge in [-0.15, -0.1) is 0 Å². The van der Waals surface area contributed by atoms with Gasteiger partial charge in [-0.1, -0.05) is 23.7 Å². The van der Waals surface area contributed by atoms with Crippen molar-refractivity contribution in [2.45, 2.75) is 19.3 Å². The molecule has 164 valence electrons. The van der Waals surface area contributed by atoms with Crippen molar-refractivity contribution in [3.05, 3.63) is 65.2 Å². The molecule has 1 fully saturated rings. The smallest absolute Gasteiger partial charge is 0.248 e. The average Bonchev–Trinajstić information content (AvgIpc) is 3.31. The van der Waals surface area contributed by atoms with Crippen molar-refractivity contribution >= 4 is 45.6 Å². The fraction of sp³-hybridized carbons (Fsp3) is 0.292. The Morgan fingerprint density at radius 3 is 2.84 bits per heavy atom. The number of hydrogen-bond acceptors (Lipinski definition) is 5. The number of carbonyl (C=O) groups is 1. The second kappa shape index (κ2) is 8.84. The molecule has 3 heterocycles. The fourth-order valence-electron chi connectivity index (χ4n) is 4.50. The number of hydrogen-bond donors (Lipinski definition) is 1. The molecule has 0 unspecified atom stereocenters. The lowest BCUT2D eigenvalue weighted by molar-refractivity contribution is -0.111. The molecule has 0 atom stereocenters. The number of aromatic nitrogens is 2. The zero-order chi connectivity index (χ0) is 22.1. The molecule has 0 bridgehead atoms. The van der Waals surface area contributed by atoms with Crippen molar-refractivity contribution in [1.82, 2.24) is 14.9 Å². The zero-order valence-corrected chi connectivity index (χ0v) is 18.3. The van der Waals surface area contributed by atoms with Crippen molar-refractivity contribution < 1.29 is 9.18 Å². The molecular formula is C24H23ClFN5O. The van der Waals surface area contributed by atoms with E-state index in [9.17, 15) is 9.18 Å². The SMILES string of the molecule is O=C(/C=C/CN1CCCC1)Nc1ccc2ncnc3c2c1CCN3c1cccc(Cl)c1F. The summed E-state index contributed by atoms with van der Waals surface area (Å²) >= 11 is 6.01. The number of likely N-dealkylation sites (tertiary alicyclic amines) is 1. The minimum Gasteiger partial charge on any atom is -0.323 e. The van der Waals surface area contributed by atoms with E-state index in [1.165, 1.54) is 25.2 Å². The van der Waals surface area contributed by atoms with Crippen molar-refractivity contribution in [3.63, 3.8) is 0 Å². The molecule has 5 rings (SSSR count). The van der Waals surface area contributed by atoms with E-state index >= 15 is 0 Å². The second-order valence-electron chi connectivity index (χ2n) is 8.06. The van der Waals surface area contributed by atoms with Crippen LogP contribution >= 0.6 is 11.6 Å². The Bertz CT molecular complexity index is 1210. The molecule has 1 aromatic heterocycles. The first-order valence-electron chi connectivity index (χ1n) is 10.8. The predicted molar refractivity (Wildman–Crippen MR) is 125 cm³/mol. The molecule has 1 amide bonds. The summed E-state index contributed by atoms with van der Waals surface area (Å²) < 4.78 is 14.7. The quantitative estimate of drug-likeness (QED) is 0.569. The summed E-state index contributed by atoms with van der Waals surface area (Å²) in [5.74, 6) is -0.0309. The van der Waals surface area contributed by atoms with Crippen LogP contribution in [-0.2, 0) is 11.2 Å². The monoisotopic (exact) mass is 451 g/mol. The highest BCUT2D eigenvalue weighted by molar-refractivity contribution is 6.31. The molecule has 6 nitrogen and oxygen atoms in total. The summed E-state index contributed by atoms with van der Waals surface area (Å²) in [5, 5.41) is 3.89. The van der Waals surface area contributed by atoms with Gasteiger partial charge in [0.25, 0.3) is 0 Å². The molecule has 0 aliphatic carbocycles. The standard InChI is InChI=1S/C24H23ClFN5O/c25-17-5-3-6-20(23(17)26)31-14-10-16-18(8-9-19-22(16)24(31)28-15-27-19)29-21(32)7-4-13-30-11-1-2-12-30/h3-9,15H,1-2,10-14H2,(H,29,32)/b7-4+. The summed E-state index contributed by atoms with van der Waals surface area (Å²) in [5.41, 5.74) is 2.82. The van der Waals surface area contributed by atoms with E-state index < -0.39 is 5.82 Å². The van der Waals surface area contributed by atoms with Crippen LogP contribution in [0.1, 0.15) is 18.4 Å². The maximum absolute atomic E-state index is 14.7. The van der Waals surface area contributed by atoms with Crippen LogP contribution in [0.4, 0.5) is 21.6 Å². The third-order valence-electron chi connectivity index (χ3n) is 6.04. The minimum atomic E-state index is -0.475. The van der Waals surface area contributed by atoms with Gasteiger partial charge in [0, 0.05) is 30.2 Å². The summed E-state index contributed by atoms with van der Waals surface area (Å²) in [6.45, 7) is 3.48. The number of anilines is 3. The maximum Gasteiger partial charge on any atom is 0.248 e. The lowest BCUT2D eigenvalue weighted by Gasteiger charge is -2.31. The van der Waals surface area contributed by atoms with E-state index in [-0.39, 0.29) is 10.9 Å². The van der Waals surface area contributed by atoms with E-state index in [4.69, 9.17) is 11.6 Å². The van der Waals surface area contributed by atoms with E-state index in [1.807, 2.05) is 23.1 Å². The summed E-state index contributed by atoms with van der Waals surface area (Å²) in [6.07, 6.45) is 8.03. The maximum atomic E-state index is 14.7. The molecule has 0 spiro atoms. The first-order chi connectivity index (χ1) is 15.6. The molecule has 1 N–H and O–H groups in total. The van der Waals surface area contributed by atoms with Crippen molar-refractivity contribution in [1.29, 1.82) is 0 Å². The van der Waals surface area contributed by atoms with Crippen molar-refractivity contribution in [2.75, 3.05) is 36.4 Å². The molecule has 1 saturated heterocycles. The lowest BCUT2D eigenvalue weighted by atomic mass is 9.98. The van der Waals surface area contributed by atoms with E-state index in [0.717, 1.165) is 41.8 Å². The lowest BCUT2D eigenvalue weighted by Crippen LogP contribution is -2.27. The number of benzene rings is 2. The molecule has 2 aromatic carbocycles. The summed E-state index contributed by atoms with van der Waals surface area (Å²) in [4.78, 5) is 25.5. The largest absolute Gasteiger partial charge is 0.323 e. The third kappa shape index (κ3) is 3.94. The molecule has 0 saturated carbocycles. The van der Waals surface area contributed by atoms with Crippen LogP contribution in [0.15, 0.2) is 48.8 Å². The van der Waals surface area contributed by atoms with Crippen LogP contribution in [-0.4, -0.2) is 47.0 Å². The van der Waals surface area contributed by atoms with E-state index in [1.54, 1.807) is 18.2 Å². The second-order valence-corrected chi connectivity index (χ2v) is 8.46. The Morgan fingerprint density at radius 2 is 2.00 bits per heavy atom. The van der Waals surface area contributed by atoms with Gasteiger partial charge in [-0.25, -0.2) is 14.4 Å². The van der Waals surface area contributed by atoms with Gasteiger partial charge >= 0.3 is 0 Å². The highest BCUT2D eigenvalue weighted by Crippen LogP contribution is 2.40. The zero-order valence-electron chi connectivity index (χ0n) is 17.5. The number of amides is 1. The van der Waals surface area contributed by atoms with Gasteiger partial charge in [0.1, 0.15) is 12.1 Å². The van der Waals surface area contributed by atoms with Crippen LogP contribution in [0.25, 0.3) is 10.9 Å². The number of nitrogens with zero attached hydrogens (tertiary/aromatic N) is 4. The Kier molecular flexibility index (Phi) is 5.76. The van der Waals surface area contributed by atoms with Crippen molar-refractivity contribution in [3.8, 4) is 0 Å². The van der Waals surface area contributed by atoms with Gasteiger partial charge in [-0.05, 0) is 62.2 Å². The van der Waals surface area contributed by atoms with Gasteiger partial charge < -0.3 is 10.2 Å². The molecule has 3 aromatic rings. The predicted octanol–water partition coefficient (Wildman–Crippen LogP) is 4.71. The average molecular weight is 452 g/mol. The normalized spacial score (nSPS) is 16.2. The molecule has 0 radical (unpaired) electrons. The van der Waals surface area contributed by atoms with Crippen LogP contribution < -0.4 is 10.2 Å². The first-order valence-corrected chi connectivity index (χ1v) is 11.2. The molecule has 2 aliphatic rings. The van der Waals surface area contributed by atoms with Crippen LogP contribution in [0.2, 0.25) is 5.02 Å². The summed E-state index contributed by atoms with van der Waals surface area (Å²) in [6, 6.07) is 8.66. The van der Waals surface area contributed by atoms with E-state index in [0.29, 0.717) is 24.5 Å². The number of carbonyl (C=O) groups excluding carboxylic acids is 1. The molecule has 2 aliphatic heterocycles. The molecule has 8 heteroatoms. The van der Waals surface area contributed by atoms with Gasteiger partial charge in [-0.2, -0.15) is 0 Å². The number of rotatable bonds is 5. The fourth-order valence-corrected chi connectivity index (χ4v) is 4.67.